The first kappa shape index (κ1) is 20.0. The van der Waals surface area contributed by atoms with Crippen LogP contribution in [0.3, 0.4) is 0 Å². The third-order valence-electron chi connectivity index (χ3n) is 3.90. The number of esters is 1. The molecule has 0 saturated heterocycles. The van der Waals surface area contributed by atoms with Crippen LogP contribution < -0.4 is 4.90 Å². The molecule has 0 aliphatic rings. The highest BCUT2D eigenvalue weighted by Crippen LogP contribution is 2.19. The fourth-order valence-corrected chi connectivity index (χ4v) is 2.64. The maximum absolute atomic E-state index is 12.7. The SMILES string of the molecule is CCOC(=O)CN(C(=O)c1ccc(N(CC)C(C)C)cc1)C(C)C. The molecule has 0 N–H and O–H groups in total. The lowest BCUT2D eigenvalue weighted by atomic mass is 10.1. The lowest BCUT2D eigenvalue weighted by Gasteiger charge is -2.28. The van der Waals surface area contributed by atoms with Crippen LogP contribution in [-0.2, 0) is 9.53 Å². The van der Waals surface area contributed by atoms with Gasteiger partial charge in [0.15, 0.2) is 0 Å². The van der Waals surface area contributed by atoms with Crippen molar-refractivity contribution in [2.24, 2.45) is 0 Å². The number of amides is 1. The number of carbonyl (C=O) groups is 2. The molecular weight excluding hydrogens is 304 g/mol. The van der Waals surface area contributed by atoms with Gasteiger partial charge in [0.1, 0.15) is 6.54 Å². The minimum absolute atomic E-state index is 0.0286. The summed E-state index contributed by atoms with van der Waals surface area (Å²) in [4.78, 5) is 28.2. The van der Waals surface area contributed by atoms with Gasteiger partial charge in [-0.05, 0) is 65.8 Å². The average molecular weight is 334 g/mol. The summed E-state index contributed by atoms with van der Waals surface area (Å²) >= 11 is 0. The van der Waals surface area contributed by atoms with Gasteiger partial charge in [-0.1, -0.05) is 0 Å². The van der Waals surface area contributed by atoms with Crippen LogP contribution in [0.5, 0.6) is 0 Å². The van der Waals surface area contributed by atoms with E-state index < -0.39 is 0 Å². The van der Waals surface area contributed by atoms with Gasteiger partial charge in [-0.25, -0.2) is 0 Å². The number of carbonyl (C=O) groups excluding carboxylic acids is 2. The summed E-state index contributed by atoms with van der Waals surface area (Å²) in [5.74, 6) is -0.537. The third kappa shape index (κ3) is 5.25. The summed E-state index contributed by atoms with van der Waals surface area (Å²) in [5.41, 5.74) is 1.67. The van der Waals surface area contributed by atoms with Gasteiger partial charge in [0.25, 0.3) is 5.91 Å². The molecule has 0 aromatic heterocycles. The van der Waals surface area contributed by atoms with E-state index in [9.17, 15) is 9.59 Å². The summed E-state index contributed by atoms with van der Waals surface area (Å²) in [6.45, 7) is 13.1. The van der Waals surface area contributed by atoms with E-state index in [-0.39, 0.29) is 24.5 Å². The second-order valence-electron chi connectivity index (χ2n) is 6.26. The molecule has 5 nitrogen and oxygen atoms in total. The Hall–Kier alpha value is -2.04. The second-order valence-corrected chi connectivity index (χ2v) is 6.26. The van der Waals surface area contributed by atoms with Crippen LogP contribution in [0.25, 0.3) is 0 Å². The number of hydrogen-bond acceptors (Lipinski definition) is 4. The molecule has 1 rings (SSSR count). The van der Waals surface area contributed by atoms with E-state index in [1.165, 1.54) is 4.90 Å². The normalized spacial score (nSPS) is 10.8. The number of benzene rings is 1. The molecule has 24 heavy (non-hydrogen) atoms. The monoisotopic (exact) mass is 334 g/mol. The molecule has 5 heteroatoms. The zero-order valence-corrected chi connectivity index (χ0v) is 15.7. The predicted octanol–water partition coefficient (Wildman–Crippen LogP) is 3.34. The van der Waals surface area contributed by atoms with Crippen molar-refractivity contribution in [3.8, 4) is 0 Å². The van der Waals surface area contributed by atoms with E-state index >= 15 is 0 Å². The maximum Gasteiger partial charge on any atom is 0.325 e. The Bertz CT molecular complexity index is 538. The first-order chi connectivity index (χ1) is 11.3. The van der Waals surface area contributed by atoms with E-state index in [4.69, 9.17) is 4.74 Å². The van der Waals surface area contributed by atoms with E-state index in [0.29, 0.717) is 18.2 Å². The van der Waals surface area contributed by atoms with Gasteiger partial charge in [-0.3, -0.25) is 9.59 Å². The summed E-state index contributed by atoms with van der Waals surface area (Å²) < 4.78 is 4.96. The zero-order valence-electron chi connectivity index (χ0n) is 15.7. The second kappa shape index (κ2) is 9.30. The highest BCUT2D eigenvalue weighted by Gasteiger charge is 2.22. The molecular formula is C19H30N2O3. The molecule has 0 radical (unpaired) electrons. The molecule has 134 valence electrons. The van der Waals surface area contributed by atoms with E-state index in [1.807, 2.05) is 38.1 Å². The topological polar surface area (TPSA) is 49.9 Å². The number of anilines is 1. The standard InChI is InChI=1S/C19H30N2O3/c1-7-20(14(3)4)17-11-9-16(10-12-17)19(23)21(15(5)6)13-18(22)24-8-2/h9-12,14-15H,7-8,13H2,1-6H3. The van der Waals surface area contributed by atoms with Crippen LogP contribution in [0, 0.1) is 0 Å². The summed E-state index contributed by atoms with van der Waals surface area (Å²) in [5, 5.41) is 0. The predicted molar refractivity (Wildman–Crippen MR) is 97.4 cm³/mol. The van der Waals surface area contributed by atoms with E-state index in [2.05, 4.69) is 25.7 Å². The van der Waals surface area contributed by atoms with Crippen LogP contribution in [-0.4, -0.2) is 48.6 Å². The van der Waals surface area contributed by atoms with Gasteiger partial charge in [0, 0.05) is 29.9 Å². The molecule has 0 saturated carbocycles. The Balaban J connectivity index is 2.93. The van der Waals surface area contributed by atoms with Crippen LogP contribution in [0.1, 0.15) is 51.9 Å². The Labute approximate surface area is 145 Å². The van der Waals surface area contributed by atoms with Crippen LogP contribution in [0.4, 0.5) is 5.69 Å². The maximum atomic E-state index is 12.7. The smallest absolute Gasteiger partial charge is 0.325 e. The van der Waals surface area contributed by atoms with Crippen molar-refractivity contribution < 1.29 is 14.3 Å². The molecule has 0 unspecified atom stereocenters. The molecule has 0 fully saturated rings. The fourth-order valence-electron chi connectivity index (χ4n) is 2.64. The molecule has 0 aliphatic heterocycles. The van der Waals surface area contributed by atoms with E-state index in [0.717, 1.165) is 12.2 Å². The number of ether oxygens (including phenoxy) is 1. The van der Waals surface area contributed by atoms with Gasteiger partial charge in [-0.15, -0.1) is 0 Å². The van der Waals surface area contributed by atoms with Crippen LogP contribution >= 0.6 is 0 Å². The molecule has 0 spiro atoms. The van der Waals surface area contributed by atoms with Gasteiger partial charge >= 0.3 is 5.97 Å². The molecule has 0 aliphatic carbocycles. The van der Waals surface area contributed by atoms with Gasteiger partial charge in [-0.2, -0.15) is 0 Å². The molecule has 1 amide bonds. The number of hydrogen-bond donors (Lipinski definition) is 0. The Morgan fingerprint density at radius 2 is 1.58 bits per heavy atom. The quantitative estimate of drug-likeness (QED) is 0.684. The zero-order chi connectivity index (χ0) is 18.3. The Morgan fingerprint density at radius 1 is 1.00 bits per heavy atom. The number of nitrogens with zero attached hydrogens (tertiary/aromatic N) is 2. The molecule has 0 heterocycles. The molecule has 0 bridgehead atoms. The Kier molecular flexibility index (Phi) is 7.75. The van der Waals surface area contributed by atoms with Gasteiger partial charge in [0.05, 0.1) is 6.61 Å². The molecule has 1 aromatic rings. The van der Waals surface area contributed by atoms with Crippen molar-refractivity contribution in [3.05, 3.63) is 29.8 Å². The van der Waals surface area contributed by atoms with Crippen molar-refractivity contribution >= 4 is 17.6 Å². The highest BCUT2D eigenvalue weighted by molar-refractivity contribution is 5.96. The summed E-state index contributed by atoms with van der Waals surface area (Å²) in [6.07, 6.45) is 0. The van der Waals surface area contributed by atoms with Crippen LogP contribution in [0.2, 0.25) is 0 Å². The van der Waals surface area contributed by atoms with Crippen molar-refractivity contribution in [2.75, 3.05) is 24.6 Å². The van der Waals surface area contributed by atoms with Crippen molar-refractivity contribution in [3.63, 3.8) is 0 Å². The first-order valence-corrected chi connectivity index (χ1v) is 8.65. The van der Waals surface area contributed by atoms with Gasteiger partial charge in [0.2, 0.25) is 0 Å². The van der Waals surface area contributed by atoms with Crippen molar-refractivity contribution in [2.45, 2.75) is 53.6 Å². The van der Waals surface area contributed by atoms with Crippen LogP contribution in [0.15, 0.2) is 24.3 Å². The molecule has 1 aromatic carbocycles. The highest BCUT2D eigenvalue weighted by atomic mass is 16.5. The minimum atomic E-state index is -0.381. The average Bonchev–Trinajstić information content (AvgIpc) is 2.53. The van der Waals surface area contributed by atoms with Crippen molar-refractivity contribution in [1.29, 1.82) is 0 Å². The largest absolute Gasteiger partial charge is 0.465 e. The minimum Gasteiger partial charge on any atom is -0.465 e. The fraction of sp³-hybridized carbons (Fsp3) is 0.579. The van der Waals surface area contributed by atoms with Crippen molar-refractivity contribution in [1.82, 2.24) is 4.90 Å². The Morgan fingerprint density at radius 3 is 2.00 bits per heavy atom. The lowest BCUT2D eigenvalue weighted by Crippen LogP contribution is -2.41. The van der Waals surface area contributed by atoms with Gasteiger partial charge < -0.3 is 14.5 Å². The molecule has 0 atom stereocenters. The number of rotatable bonds is 8. The summed E-state index contributed by atoms with van der Waals surface area (Å²) in [7, 11) is 0. The van der Waals surface area contributed by atoms with E-state index in [1.54, 1.807) is 6.92 Å². The first-order valence-electron chi connectivity index (χ1n) is 8.65. The third-order valence-corrected chi connectivity index (χ3v) is 3.90. The summed E-state index contributed by atoms with van der Waals surface area (Å²) in [6, 6.07) is 7.88. The lowest BCUT2D eigenvalue weighted by molar-refractivity contribution is -0.144.